The van der Waals surface area contributed by atoms with E-state index in [4.69, 9.17) is 5.11 Å². The topological polar surface area (TPSA) is 57.6 Å². The summed E-state index contributed by atoms with van der Waals surface area (Å²) in [5.41, 5.74) is 1.04. The van der Waals surface area contributed by atoms with Crippen molar-refractivity contribution in [1.29, 1.82) is 0 Å². The van der Waals surface area contributed by atoms with Crippen molar-refractivity contribution < 1.29 is 14.7 Å². The molecule has 1 aromatic carbocycles. The summed E-state index contributed by atoms with van der Waals surface area (Å²) in [5, 5.41) is 8.63. The van der Waals surface area contributed by atoms with Gasteiger partial charge < -0.3 is 10.0 Å². The van der Waals surface area contributed by atoms with E-state index in [0.717, 1.165) is 57.1 Å². The van der Waals surface area contributed by atoms with Gasteiger partial charge in [0.25, 0.3) is 0 Å². The minimum atomic E-state index is -0.709. The second-order valence-electron chi connectivity index (χ2n) is 7.41. The van der Waals surface area contributed by atoms with Gasteiger partial charge in [-0.3, -0.25) is 9.59 Å². The van der Waals surface area contributed by atoms with Crippen LogP contribution in [-0.4, -0.2) is 23.0 Å². The van der Waals surface area contributed by atoms with Gasteiger partial charge in [0.05, 0.1) is 0 Å². The summed E-state index contributed by atoms with van der Waals surface area (Å²) in [7, 11) is 0. The SMILES string of the molecule is O=C(O)CCCCCCCCC(=O)N(c1ccccc1)C1CCCCC1. The van der Waals surface area contributed by atoms with Gasteiger partial charge in [0.1, 0.15) is 0 Å². The van der Waals surface area contributed by atoms with Crippen molar-refractivity contribution in [2.75, 3.05) is 4.90 Å². The predicted octanol–water partition coefficient (Wildman–Crippen LogP) is 5.56. The molecule has 0 atom stereocenters. The maximum Gasteiger partial charge on any atom is 0.303 e. The van der Waals surface area contributed by atoms with E-state index in [0.29, 0.717) is 12.5 Å². The fourth-order valence-electron chi connectivity index (χ4n) is 3.87. The highest BCUT2D eigenvalue weighted by molar-refractivity contribution is 5.93. The number of rotatable bonds is 11. The molecule has 1 fully saturated rings. The largest absolute Gasteiger partial charge is 0.481 e. The summed E-state index contributed by atoms with van der Waals surface area (Å²) in [6.07, 6.45) is 12.7. The van der Waals surface area contributed by atoms with Crippen LogP contribution in [0.4, 0.5) is 5.69 Å². The molecule has 26 heavy (non-hydrogen) atoms. The average Bonchev–Trinajstić information content (AvgIpc) is 2.65. The van der Waals surface area contributed by atoms with Crippen molar-refractivity contribution in [3.8, 4) is 0 Å². The Balaban J connectivity index is 1.75. The van der Waals surface area contributed by atoms with Crippen LogP contribution in [0.1, 0.15) is 83.5 Å². The highest BCUT2D eigenvalue weighted by Crippen LogP contribution is 2.28. The number of carboxylic acid groups (broad SMARTS) is 1. The molecule has 144 valence electrons. The van der Waals surface area contributed by atoms with Gasteiger partial charge in [-0.1, -0.05) is 63.1 Å². The Hall–Kier alpha value is -1.84. The molecule has 1 aliphatic carbocycles. The number of anilines is 1. The van der Waals surface area contributed by atoms with Gasteiger partial charge in [0.2, 0.25) is 5.91 Å². The van der Waals surface area contributed by atoms with Gasteiger partial charge >= 0.3 is 5.97 Å². The molecule has 2 rings (SSSR count). The second kappa shape index (κ2) is 11.7. The van der Waals surface area contributed by atoms with Crippen LogP contribution in [0.2, 0.25) is 0 Å². The molecule has 4 nitrogen and oxygen atoms in total. The number of carbonyl (C=O) groups excluding carboxylic acids is 1. The summed E-state index contributed by atoms with van der Waals surface area (Å²) < 4.78 is 0. The molecule has 0 saturated heterocycles. The number of benzene rings is 1. The van der Waals surface area contributed by atoms with Crippen molar-refractivity contribution in [3.63, 3.8) is 0 Å². The lowest BCUT2D eigenvalue weighted by atomic mass is 9.93. The van der Waals surface area contributed by atoms with Gasteiger partial charge in [-0.05, 0) is 37.8 Å². The number of hydrogen-bond acceptors (Lipinski definition) is 2. The quantitative estimate of drug-likeness (QED) is 0.526. The van der Waals surface area contributed by atoms with Gasteiger partial charge in [0.15, 0.2) is 0 Å². The number of hydrogen-bond donors (Lipinski definition) is 1. The third kappa shape index (κ3) is 7.19. The minimum absolute atomic E-state index is 0.258. The fraction of sp³-hybridized carbons (Fsp3) is 0.636. The Morgan fingerprint density at radius 3 is 2.04 bits per heavy atom. The van der Waals surface area contributed by atoms with Gasteiger partial charge in [-0.15, -0.1) is 0 Å². The molecule has 1 aliphatic rings. The maximum atomic E-state index is 12.9. The smallest absolute Gasteiger partial charge is 0.303 e. The number of nitrogens with zero attached hydrogens (tertiary/aromatic N) is 1. The first kappa shape index (κ1) is 20.5. The minimum Gasteiger partial charge on any atom is -0.481 e. The van der Waals surface area contributed by atoms with Crippen LogP contribution in [0.15, 0.2) is 30.3 Å². The molecule has 4 heteroatoms. The molecular formula is C22H33NO3. The van der Waals surface area contributed by atoms with E-state index in [1.54, 1.807) is 0 Å². The lowest BCUT2D eigenvalue weighted by molar-refractivity contribution is -0.137. The second-order valence-corrected chi connectivity index (χ2v) is 7.41. The zero-order valence-electron chi connectivity index (χ0n) is 15.9. The van der Waals surface area contributed by atoms with Crippen LogP contribution in [0.25, 0.3) is 0 Å². The van der Waals surface area contributed by atoms with Crippen molar-refractivity contribution in [2.45, 2.75) is 89.5 Å². The molecule has 0 aromatic heterocycles. The summed E-state index contributed by atoms with van der Waals surface area (Å²) in [4.78, 5) is 25.5. The molecular weight excluding hydrogens is 326 g/mol. The Bertz CT molecular complexity index is 538. The Kier molecular flexibility index (Phi) is 9.22. The molecule has 1 amide bonds. The van der Waals surface area contributed by atoms with Crippen LogP contribution in [0.5, 0.6) is 0 Å². The van der Waals surface area contributed by atoms with E-state index < -0.39 is 5.97 Å². The number of carbonyl (C=O) groups is 2. The maximum absolute atomic E-state index is 12.9. The molecule has 1 aromatic rings. The highest BCUT2D eigenvalue weighted by atomic mass is 16.4. The van der Waals surface area contributed by atoms with Gasteiger partial charge in [-0.25, -0.2) is 0 Å². The van der Waals surface area contributed by atoms with Crippen molar-refractivity contribution in [1.82, 2.24) is 0 Å². The Morgan fingerprint density at radius 2 is 1.42 bits per heavy atom. The monoisotopic (exact) mass is 359 g/mol. The first-order valence-electron chi connectivity index (χ1n) is 10.3. The zero-order chi connectivity index (χ0) is 18.6. The Labute approximate surface area is 157 Å². The number of carboxylic acids is 1. The lowest BCUT2D eigenvalue weighted by Gasteiger charge is -2.34. The molecule has 0 radical (unpaired) electrons. The predicted molar refractivity (Wildman–Crippen MR) is 105 cm³/mol. The number of para-hydroxylation sites is 1. The molecule has 1 saturated carbocycles. The standard InChI is InChI=1S/C22H33NO3/c24-21(17-11-3-1-2-4-12-18-22(25)26)23(19-13-7-5-8-14-19)20-15-9-6-10-16-20/h5,7-8,13-14,20H,1-4,6,9-12,15-18H2,(H,25,26). The van der Waals surface area contributed by atoms with E-state index in [1.807, 2.05) is 18.2 Å². The summed E-state index contributed by atoms with van der Waals surface area (Å²) in [6, 6.07) is 10.5. The third-order valence-corrected chi connectivity index (χ3v) is 5.27. The summed E-state index contributed by atoms with van der Waals surface area (Å²) >= 11 is 0. The highest BCUT2D eigenvalue weighted by Gasteiger charge is 2.26. The molecule has 0 unspecified atom stereocenters. The lowest BCUT2D eigenvalue weighted by Crippen LogP contribution is -2.41. The summed E-state index contributed by atoms with van der Waals surface area (Å²) in [5.74, 6) is -0.451. The van der Waals surface area contributed by atoms with Gasteiger partial charge in [0, 0.05) is 24.6 Å². The number of aliphatic carboxylic acids is 1. The average molecular weight is 360 g/mol. The van der Waals surface area contributed by atoms with Crippen LogP contribution in [-0.2, 0) is 9.59 Å². The molecule has 0 heterocycles. The normalized spacial score (nSPS) is 14.9. The van der Waals surface area contributed by atoms with E-state index >= 15 is 0 Å². The third-order valence-electron chi connectivity index (χ3n) is 5.27. The number of amides is 1. The number of unbranched alkanes of at least 4 members (excludes halogenated alkanes) is 5. The molecule has 0 spiro atoms. The Morgan fingerprint density at radius 1 is 0.846 bits per heavy atom. The van der Waals surface area contributed by atoms with Gasteiger partial charge in [-0.2, -0.15) is 0 Å². The van der Waals surface area contributed by atoms with Crippen LogP contribution >= 0.6 is 0 Å². The van der Waals surface area contributed by atoms with E-state index in [2.05, 4.69) is 17.0 Å². The van der Waals surface area contributed by atoms with E-state index in [-0.39, 0.29) is 12.3 Å². The van der Waals surface area contributed by atoms with Crippen LogP contribution in [0, 0.1) is 0 Å². The van der Waals surface area contributed by atoms with Crippen molar-refractivity contribution in [2.24, 2.45) is 0 Å². The van der Waals surface area contributed by atoms with E-state index in [9.17, 15) is 9.59 Å². The molecule has 0 bridgehead atoms. The van der Waals surface area contributed by atoms with E-state index in [1.165, 1.54) is 19.3 Å². The van der Waals surface area contributed by atoms with Crippen molar-refractivity contribution in [3.05, 3.63) is 30.3 Å². The fourth-order valence-corrected chi connectivity index (χ4v) is 3.87. The van der Waals surface area contributed by atoms with Crippen LogP contribution < -0.4 is 4.90 Å². The zero-order valence-corrected chi connectivity index (χ0v) is 15.9. The first-order chi connectivity index (χ1) is 12.7. The van der Waals surface area contributed by atoms with Crippen LogP contribution in [0.3, 0.4) is 0 Å². The first-order valence-corrected chi connectivity index (χ1v) is 10.3. The summed E-state index contributed by atoms with van der Waals surface area (Å²) in [6.45, 7) is 0. The molecule has 1 N–H and O–H groups in total. The molecule has 0 aliphatic heterocycles. The van der Waals surface area contributed by atoms with Crippen molar-refractivity contribution >= 4 is 17.6 Å².